The lowest BCUT2D eigenvalue weighted by Gasteiger charge is -2.17. The Morgan fingerprint density at radius 3 is 2.65 bits per heavy atom. The standard InChI is InChI=1S/C18H22N4O/c19-10-13-8-9-21(12-13)18(23)16-11-20-22(17(16)14-6-7-14)15-4-2-1-3-5-15/h1-5,11,13-14H,6-10,12,19H2. The van der Waals surface area contributed by atoms with Crippen LogP contribution in [0, 0.1) is 5.92 Å². The molecular formula is C18H22N4O. The maximum Gasteiger partial charge on any atom is 0.257 e. The van der Waals surface area contributed by atoms with Gasteiger partial charge in [0.05, 0.1) is 23.1 Å². The molecule has 0 bridgehead atoms. The first kappa shape index (κ1) is 14.5. The van der Waals surface area contributed by atoms with Gasteiger partial charge < -0.3 is 10.6 Å². The number of amides is 1. The molecule has 5 nitrogen and oxygen atoms in total. The number of rotatable bonds is 4. The van der Waals surface area contributed by atoms with Crippen molar-refractivity contribution in [1.82, 2.24) is 14.7 Å². The number of benzene rings is 1. The van der Waals surface area contributed by atoms with Gasteiger partial charge in [0, 0.05) is 19.0 Å². The van der Waals surface area contributed by atoms with E-state index in [0.29, 0.717) is 18.4 Å². The Morgan fingerprint density at radius 2 is 2.00 bits per heavy atom. The van der Waals surface area contributed by atoms with E-state index >= 15 is 0 Å². The summed E-state index contributed by atoms with van der Waals surface area (Å²) >= 11 is 0. The lowest BCUT2D eigenvalue weighted by atomic mass is 10.1. The fraction of sp³-hybridized carbons (Fsp3) is 0.444. The van der Waals surface area contributed by atoms with Crippen LogP contribution in [-0.4, -0.2) is 40.2 Å². The Hall–Kier alpha value is -2.14. The highest BCUT2D eigenvalue weighted by atomic mass is 16.2. The van der Waals surface area contributed by atoms with Crippen molar-refractivity contribution < 1.29 is 4.79 Å². The minimum atomic E-state index is 0.116. The van der Waals surface area contributed by atoms with E-state index in [9.17, 15) is 4.79 Å². The summed E-state index contributed by atoms with van der Waals surface area (Å²) in [5.41, 5.74) is 8.62. The topological polar surface area (TPSA) is 64.2 Å². The third-order valence-corrected chi connectivity index (χ3v) is 4.91. The van der Waals surface area contributed by atoms with E-state index in [4.69, 9.17) is 5.73 Å². The smallest absolute Gasteiger partial charge is 0.257 e. The molecule has 2 heterocycles. The third-order valence-electron chi connectivity index (χ3n) is 4.91. The summed E-state index contributed by atoms with van der Waals surface area (Å²) in [4.78, 5) is 14.9. The Kier molecular flexibility index (Phi) is 3.65. The van der Waals surface area contributed by atoms with Crippen LogP contribution in [0.15, 0.2) is 36.5 Å². The van der Waals surface area contributed by atoms with Gasteiger partial charge in [0.2, 0.25) is 0 Å². The molecule has 1 aromatic carbocycles. The van der Waals surface area contributed by atoms with Crippen LogP contribution in [-0.2, 0) is 0 Å². The quantitative estimate of drug-likeness (QED) is 0.941. The van der Waals surface area contributed by atoms with E-state index < -0.39 is 0 Å². The largest absolute Gasteiger partial charge is 0.338 e. The zero-order valence-electron chi connectivity index (χ0n) is 13.2. The molecule has 1 saturated carbocycles. The highest BCUT2D eigenvalue weighted by molar-refractivity contribution is 5.95. The summed E-state index contributed by atoms with van der Waals surface area (Å²) in [7, 11) is 0. The second-order valence-electron chi connectivity index (χ2n) is 6.61. The zero-order chi connectivity index (χ0) is 15.8. The van der Waals surface area contributed by atoms with Crippen molar-refractivity contribution in [2.75, 3.05) is 19.6 Å². The fourth-order valence-corrected chi connectivity index (χ4v) is 3.43. The maximum atomic E-state index is 12.9. The van der Waals surface area contributed by atoms with E-state index in [1.54, 1.807) is 6.20 Å². The van der Waals surface area contributed by atoms with Crippen LogP contribution in [0.25, 0.3) is 5.69 Å². The number of nitrogens with two attached hydrogens (primary N) is 1. The Morgan fingerprint density at radius 1 is 1.22 bits per heavy atom. The fourth-order valence-electron chi connectivity index (χ4n) is 3.43. The summed E-state index contributed by atoms with van der Waals surface area (Å²) in [6.07, 6.45) is 5.04. The predicted octanol–water partition coefficient (Wildman–Crippen LogP) is 2.17. The molecule has 120 valence electrons. The minimum absolute atomic E-state index is 0.116. The lowest BCUT2D eigenvalue weighted by molar-refractivity contribution is 0.0786. The first-order valence-electron chi connectivity index (χ1n) is 8.40. The Balaban J connectivity index is 1.67. The van der Waals surface area contributed by atoms with Crippen LogP contribution in [0.2, 0.25) is 0 Å². The van der Waals surface area contributed by atoms with Crippen LogP contribution < -0.4 is 5.73 Å². The number of likely N-dealkylation sites (tertiary alicyclic amines) is 1. The third kappa shape index (κ3) is 2.65. The molecule has 23 heavy (non-hydrogen) atoms. The van der Waals surface area contributed by atoms with Gasteiger partial charge >= 0.3 is 0 Å². The van der Waals surface area contributed by atoms with Crippen molar-refractivity contribution >= 4 is 5.91 Å². The zero-order valence-corrected chi connectivity index (χ0v) is 13.2. The summed E-state index contributed by atoms with van der Waals surface area (Å²) in [5, 5.41) is 4.52. The van der Waals surface area contributed by atoms with Crippen LogP contribution in [0.1, 0.15) is 41.2 Å². The molecule has 1 aliphatic carbocycles. The van der Waals surface area contributed by atoms with Crippen molar-refractivity contribution in [3.8, 4) is 5.69 Å². The van der Waals surface area contributed by atoms with Crippen LogP contribution in [0.4, 0.5) is 0 Å². The molecule has 1 atom stereocenters. The van der Waals surface area contributed by atoms with Crippen molar-refractivity contribution in [3.05, 3.63) is 47.8 Å². The summed E-state index contributed by atoms with van der Waals surface area (Å²) in [5.74, 6) is 1.02. The highest BCUT2D eigenvalue weighted by Gasteiger charge is 2.35. The number of hydrogen-bond donors (Lipinski definition) is 1. The van der Waals surface area contributed by atoms with Gasteiger partial charge in [-0.05, 0) is 43.9 Å². The van der Waals surface area contributed by atoms with Crippen molar-refractivity contribution in [2.24, 2.45) is 11.7 Å². The van der Waals surface area contributed by atoms with E-state index in [1.807, 2.05) is 39.9 Å². The van der Waals surface area contributed by atoms with Gasteiger partial charge in [-0.15, -0.1) is 0 Å². The number of carbonyl (C=O) groups excluding carboxylic acids is 1. The molecule has 2 fully saturated rings. The average Bonchev–Trinajstić information content (AvgIpc) is 3.15. The molecule has 0 spiro atoms. The maximum absolute atomic E-state index is 12.9. The molecule has 1 amide bonds. The molecule has 1 aromatic heterocycles. The van der Waals surface area contributed by atoms with Gasteiger partial charge in [0.1, 0.15) is 0 Å². The van der Waals surface area contributed by atoms with E-state index in [1.165, 1.54) is 0 Å². The van der Waals surface area contributed by atoms with Crippen LogP contribution >= 0.6 is 0 Å². The predicted molar refractivity (Wildman–Crippen MR) is 88.6 cm³/mol. The number of hydrogen-bond acceptors (Lipinski definition) is 3. The molecule has 1 unspecified atom stereocenters. The van der Waals surface area contributed by atoms with Crippen molar-refractivity contribution in [2.45, 2.75) is 25.2 Å². The van der Waals surface area contributed by atoms with Gasteiger partial charge in [-0.2, -0.15) is 5.10 Å². The van der Waals surface area contributed by atoms with Gasteiger partial charge in [0.15, 0.2) is 0 Å². The Labute approximate surface area is 136 Å². The average molecular weight is 310 g/mol. The number of para-hydroxylation sites is 1. The summed E-state index contributed by atoms with van der Waals surface area (Å²) < 4.78 is 1.95. The molecule has 4 rings (SSSR count). The molecule has 1 saturated heterocycles. The molecule has 0 radical (unpaired) electrons. The monoisotopic (exact) mass is 310 g/mol. The Bertz CT molecular complexity index is 705. The highest BCUT2D eigenvalue weighted by Crippen LogP contribution is 2.42. The van der Waals surface area contributed by atoms with Crippen LogP contribution in [0.3, 0.4) is 0 Å². The number of carbonyl (C=O) groups is 1. The second-order valence-corrected chi connectivity index (χ2v) is 6.61. The van der Waals surface area contributed by atoms with Crippen LogP contribution in [0.5, 0.6) is 0 Å². The van der Waals surface area contributed by atoms with E-state index in [0.717, 1.165) is 49.3 Å². The van der Waals surface area contributed by atoms with Crippen molar-refractivity contribution in [3.63, 3.8) is 0 Å². The van der Waals surface area contributed by atoms with Gasteiger partial charge in [-0.25, -0.2) is 4.68 Å². The van der Waals surface area contributed by atoms with E-state index in [-0.39, 0.29) is 5.91 Å². The molecule has 2 aromatic rings. The van der Waals surface area contributed by atoms with Gasteiger partial charge in [-0.3, -0.25) is 4.79 Å². The minimum Gasteiger partial charge on any atom is -0.338 e. The first-order chi connectivity index (χ1) is 11.3. The SMILES string of the molecule is NCC1CCN(C(=O)c2cnn(-c3ccccc3)c2C2CC2)C1. The van der Waals surface area contributed by atoms with E-state index in [2.05, 4.69) is 5.10 Å². The van der Waals surface area contributed by atoms with Crippen molar-refractivity contribution in [1.29, 1.82) is 0 Å². The summed E-state index contributed by atoms with van der Waals surface area (Å²) in [6, 6.07) is 10.1. The molecule has 5 heteroatoms. The second kappa shape index (κ2) is 5.81. The molecule has 2 N–H and O–H groups in total. The van der Waals surface area contributed by atoms with Gasteiger partial charge in [0.25, 0.3) is 5.91 Å². The number of nitrogens with zero attached hydrogens (tertiary/aromatic N) is 3. The molecule has 2 aliphatic rings. The normalized spacial score (nSPS) is 20.9. The molecular weight excluding hydrogens is 288 g/mol. The molecule has 1 aliphatic heterocycles. The van der Waals surface area contributed by atoms with Gasteiger partial charge in [-0.1, -0.05) is 18.2 Å². The number of aromatic nitrogens is 2. The first-order valence-corrected chi connectivity index (χ1v) is 8.40. The summed E-state index contributed by atoms with van der Waals surface area (Å²) in [6.45, 7) is 2.24. The lowest BCUT2D eigenvalue weighted by Crippen LogP contribution is -2.30.